The third-order valence-electron chi connectivity index (χ3n) is 3.72. The molecule has 0 amide bonds. The molecule has 1 aliphatic rings. The first-order chi connectivity index (χ1) is 9.50. The van der Waals surface area contributed by atoms with Crippen molar-refractivity contribution in [2.24, 2.45) is 5.92 Å². The van der Waals surface area contributed by atoms with E-state index in [2.05, 4.69) is 0 Å². The Hall–Kier alpha value is -2.11. The van der Waals surface area contributed by atoms with Crippen LogP contribution in [0, 0.1) is 16.0 Å². The van der Waals surface area contributed by atoms with E-state index in [1.165, 1.54) is 18.2 Å². The Balaban J connectivity index is 2.37. The van der Waals surface area contributed by atoms with Crippen molar-refractivity contribution in [3.8, 4) is 5.75 Å². The number of hydrogen-bond donors (Lipinski definition) is 1. The van der Waals surface area contributed by atoms with Crippen molar-refractivity contribution < 1.29 is 19.6 Å². The van der Waals surface area contributed by atoms with Crippen molar-refractivity contribution in [1.82, 2.24) is 0 Å². The number of para-hydroxylation sites is 1. The van der Waals surface area contributed by atoms with E-state index in [0.717, 1.165) is 25.7 Å². The fraction of sp³-hybridized carbons (Fsp3) is 0.500. The third kappa shape index (κ3) is 2.89. The Morgan fingerprint density at radius 2 is 2.10 bits per heavy atom. The predicted molar refractivity (Wildman–Crippen MR) is 72.1 cm³/mol. The monoisotopic (exact) mass is 279 g/mol. The summed E-state index contributed by atoms with van der Waals surface area (Å²) in [5, 5.41) is 20.2. The van der Waals surface area contributed by atoms with Gasteiger partial charge in [-0.05, 0) is 31.2 Å². The first-order valence-electron chi connectivity index (χ1n) is 6.68. The molecule has 1 fully saturated rings. The normalized spacial score (nSPS) is 22.2. The van der Waals surface area contributed by atoms with Gasteiger partial charge in [0.1, 0.15) is 11.7 Å². The lowest BCUT2D eigenvalue weighted by atomic mass is 9.88. The van der Waals surface area contributed by atoms with Crippen LogP contribution >= 0.6 is 0 Å². The molecule has 6 nitrogen and oxygen atoms in total. The molecule has 0 heterocycles. The maximum absolute atomic E-state index is 11.2. The fourth-order valence-corrected chi connectivity index (χ4v) is 2.57. The molecule has 0 spiro atoms. The number of aromatic carboxylic acids is 1. The zero-order chi connectivity index (χ0) is 14.7. The molecule has 0 aliphatic heterocycles. The topological polar surface area (TPSA) is 89.7 Å². The Labute approximate surface area is 116 Å². The van der Waals surface area contributed by atoms with Gasteiger partial charge in [0.2, 0.25) is 5.75 Å². The third-order valence-corrected chi connectivity index (χ3v) is 3.72. The molecule has 0 aromatic heterocycles. The molecule has 2 unspecified atom stereocenters. The SMILES string of the molecule is CC1CCCCC1Oc1c(C(=O)O)cccc1[N+](=O)[O-]. The lowest BCUT2D eigenvalue weighted by Gasteiger charge is -2.29. The minimum absolute atomic E-state index is 0.122. The van der Waals surface area contributed by atoms with E-state index in [1.807, 2.05) is 6.92 Å². The van der Waals surface area contributed by atoms with E-state index in [9.17, 15) is 14.9 Å². The number of carboxylic acid groups (broad SMARTS) is 1. The standard InChI is InChI=1S/C14H17NO5/c1-9-5-2-3-8-12(9)20-13-10(14(16)17)6-4-7-11(13)15(18)19/h4,6-7,9,12H,2-3,5,8H2,1H3,(H,16,17). The second kappa shape index (κ2) is 5.90. The Kier molecular flexibility index (Phi) is 4.22. The number of ether oxygens (including phenoxy) is 1. The average molecular weight is 279 g/mol. The zero-order valence-electron chi connectivity index (χ0n) is 11.2. The second-order valence-electron chi connectivity index (χ2n) is 5.13. The van der Waals surface area contributed by atoms with E-state index >= 15 is 0 Å². The van der Waals surface area contributed by atoms with Crippen LogP contribution in [0.2, 0.25) is 0 Å². The first-order valence-corrected chi connectivity index (χ1v) is 6.68. The molecule has 0 radical (unpaired) electrons. The number of nitro benzene ring substituents is 1. The summed E-state index contributed by atoms with van der Waals surface area (Å²) in [6.07, 6.45) is 3.74. The molecule has 0 saturated heterocycles. The number of carbonyl (C=O) groups is 1. The molecular formula is C14H17NO5. The van der Waals surface area contributed by atoms with Gasteiger partial charge in [-0.2, -0.15) is 0 Å². The van der Waals surface area contributed by atoms with Gasteiger partial charge in [-0.25, -0.2) is 4.79 Å². The van der Waals surface area contributed by atoms with Crippen molar-refractivity contribution >= 4 is 11.7 Å². The van der Waals surface area contributed by atoms with E-state index in [-0.39, 0.29) is 29.0 Å². The minimum Gasteiger partial charge on any atom is -0.483 e. The van der Waals surface area contributed by atoms with Crippen molar-refractivity contribution in [3.63, 3.8) is 0 Å². The highest BCUT2D eigenvalue weighted by molar-refractivity contribution is 5.92. The first kappa shape index (κ1) is 14.3. The van der Waals surface area contributed by atoms with Crippen LogP contribution < -0.4 is 4.74 Å². The van der Waals surface area contributed by atoms with Gasteiger partial charge in [0.15, 0.2) is 0 Å². The summed E-state index contributed by atoms with van der Waals surface area (Å²) in [7, 11) is 0. The number of benzene rings is 1. The van der Waals surface area contributed by atoms with Crippen LogP contribution in [0.1, 0.15) is 43.0 Å². The van der Waals surface area contributed by atoms with Crippen LogP contribution in [0.3, 0.4) is 0 Å². The van der Waals surface area contributed by atoms with Gasteiger partial charge in [-0.15, -0.1) is 0 Å². The molecule has 2 rings (SSSR count). The zero-order valence-corrected chi connectivity index (χ0v) is 11.2. The molecule has 1 saturated carbocycles. The lowest BCUT2D eigenvalue weighted by Crippen LogP contribution is -2.29. The van der Waals surface area contributed by atoms with Gasteiger partial charge in [0.25, 0.3) is 0 Å². The molecule has 1 aromatic carbocycles. The van der Waals surface area contributed by atoms with Crippen molar-refractivity contribution in [1.29, 1.82) is 0 Å². The maximum Gasteiger partial charge on any atom is 0.339 e. The van der Waals surface area contributed by atoms with Gasteiger partial charge in [0.05, 0.1) is 4.92 Å². The lowest BCUT2D eigenvalue weighted by molar-refractivity contribution is -0.386. The molecule has 6 heteroatoms. The molecule has 20 heavy (non-hydrogen) atoms. The van der Waals surface area contributed by atoms with Crippen LogP contribution in [0.5, 0.6) is 5.75 Å². The van der Waals surface area contributed by atoms with Crippen LogP contribution in [0.4, 0.5) is 5.69 Å². The Morgan fingerprint density at radius 3 is 2.70 bits per heavy atom. The highest BCUT2D eigenvalue weighted by Crippen LogP contribution is 2.35. The van der Waals surface area contributed by atoms with Crippen molar-refractivity contribution in [2.45, 2.75) is 38.7 Å². The summed E-state index contributed by atoms with van der Waals surface area (Å²) >= 11 is 0. The smallest absolute Gasteiger partial charge is 0.339 e. The number of rotatable bonds is 4. The van der Waals surface area contributed by atoms with Gasteiger partial charge in [0, 0.05) is 6.07 Å². The number of carboxylic acids is 1. The van der Waals surface area contributed by atoms with Crippen molar-refractivity contribution in [3.05, 3.63) is 33.9 Å². The van der Waals surface area contributed by atoms with Crippen LogP contribution in [0.15, 0.2) is 18.2 Å². The predicted octanol–water partition coefficient (Wildman–Crippen LogP) is 3.25. The highest BCUT2D eigenvalue weighted by Gasteiger charge is 2.29. The molecule has 1 N–H and O–H groups in total. The Morgan fingerprint density at radius 1 is 1.40 bits per heavy atom. The summed E-state index contributed by atoms with van der Waals surface area (Å²) in [5.74, 6) is -1.07. The van der Waals surface area contributed by atoms with Gasteiger partial charge < -0.3 is 9.84 Å². The summed E-state index contributed by atoms with van der Waals surface area (Å²) in [6, 6.07) is 3.96. The minimum atomic E-state index is -1.22. The van der Waals surface area contributed by atoms with Gasteiger partial charge in [-0.3, -0.25) is 10.1 Å². The molecule has 1 aromatic rings. The van der Waals surface area contributed by atoms with Crippen LogP contribution in [0.25, 0.3) is 0 Å². The van der Waals surface area contributed by atoms with E-state index in [4.69, 9.17) is 9.84 Å². The van der Waals surface area contributed by atoms with E-state index in [1.54, 1.807) is 0 Å². The summed E-state index contributed by atoms with van der Waals surface area (Å²) in [5.41, 5.74) is -0.445. The molecular weight excluding hydrogens is 262 g/mol. The number of hydrogen-bond acceptors (Lipinski definition) is 4. The molecule has 1 aliphatic carbocycles. The second-order valence-corrected chi connectivity index (χ2v) is 5.13. The maximum atomic E-state index is 11.2. The van der Waals surface area contributed by atoms with Gasteiger partial charge in [-0.1, -0.05) is 19.4 Å². The average Bonchev–Trinajstić information content (AvgIpc) is 2.41. The Bertz CT molecular complexity index is 496. The summed E-state index contributed by atoms with van der Waals surface area (Å²) in [6.45, 7) is 2.03. The highest BCUT2D eigenvalue weighted by atomic mass is 16.6. The molecule has 2 atom stereocenters. The van der Waals surface area contributed by atoms with Crippen LogP contribution in [-0.4, -0.2) is 22.1 Å². The van der Waals surface area contributed by atoms with Gasteiger partial charge >= 0.3 is 11.7 Å². The summed E-state index contributed by atoms with van der Waals surface area (Å²) < 4.78 is 5.73. The molecule has 0 bridgehead atoms. The van der Waals surface area contributed by atoms with Crippen molar-refractivity contribution in [2.75, 3.05) is 0 Å². The van der Waals surface area contributed by atoms with E-state index < -0.39 is 10.9 Å². The quantitative estimate of drug-likeness (QED) is 0.675. The number of nitro groups is 1. The molecule has 108 valence electrons. The summed E-state index contributed by atoms with van der Waals surface area (Å²) in [4.78, 5) is 21.7. The fourth-order valence-electron chi connectivity index (χ4n) is 2.57. The van der Waals surface area contributed by atoms with Crippen LogP contribution in [-0.2, 0) is 0 Å². The number of nitrogens with zero attached hydrogens (tertiary/aromatic N) is 1. The largest absolute Gasteiger partial charge is 0.483 e. The van der Waals surface area contributed by atoms with E-state index in [0.29, 0.717) is 0 Å².